The summed E-state index contributed by atoms with van der Waals surface area (Å²) in [4.78, 5) is 11.4. The second-order valence-corrected chi connectivity index (χ2v) is 5.04. The zero-order valence-electron chi connectivity index (χ0n) is 10.7. The van der Waals surface area contributed by atoms with Crippen LogP contribution >= 0.6 is 0 Å². The normalized spacial score (nSPS) is 21.9. The maximum Gasteiger partial charge on any atom is 0.407 e. The minimum atomic E-state index is -0.471. The van der Waals surface area contributed by atoms with E-state index in [-0.39, 0.29) is 17.2 Å². The first-order chi connectivity index (χ1) is 8.45. The summed E-state index contributed by atoms with van der Waals surface area (Å²) in [6, 6.07) is 4.92. The number of carbonyl (C=O) groups is 1. The Bertz CT molecular complexity index is 470. The molecule has 1 aromatic carbocycles. The summed E-state index contributed by atoms with van der Waals surface area (Å²) in [5.74, 6) is 0.448. The van der Waals surface area contributed by atoms with Crippen molar-refractivity contribution >= 4 is 6.09 Å². The first-order valence-corrected chi connectivity index (χ1v) is 5.75. The molecule has 98 valence electrons. The van der Waals surface area contributed by atoms with Gasteiger partial charge in [0.05, 0.1) is 13.2 Å². The number of para-hydroxylation sites is 1. The van der Waals surface area contributed by atoms with E-state index < -0.39 is 6.09 Å². The van der Waals surface area contributed by atoms with Crippen molar-refractivity contribution in [2.45, 2.75) is 19.9 Å². The summed E-state index contributed by atoms with van der Waals surface area (Å²) in [5.41, 5.74) is 0.327. The molecule has 1 fully saturated rings. The molecule has 1 amide bonds. The Morgan fingerprint density at radius 2 is 2.22 bits per heavy atom. The quantitative estimate of drug-likeness (QED) is 0.845. The van der Waals surface area contributed by atoms with Crippen LogP contribution in [0, 0.1) is 5.41 Å². The van der Waals surface area contributed by atoms with Gasteiger partial charge >= 0.3 is 6.09 Å². The summed E-state index contributed by atoms with van der Waals surface area (Å²) < 4.78 is 10.1. The summed E-state index contributed by atoms with van der Waals surface area (Å²) in [7, 11) is 1.49. The Morgan fingerprint density at radius 1 is 1.50 bits per heavy atom. The topological polar surface area (TPSA) is 67.8 Å². The van der Waals surface area contributed by atoms with Gasteiger partial charge in [-0.15, -0.1) is 0 Å². The number of phenols is 1. The van der Waals surface area contributed by atoms with E-state index in [1.807, 2.05) is 13.8 Å². The van der Waals surface area contributed by atoms with Crippen LogP contribution in [0.5, 0.6) is 11.5 Å². The number of cyclic esters (lactones) is 1. The molecule has 1 aliphatic rings. The van der Waals surface area contributed by atoms with Crippen LogP contribution in [-0.2, 0) is 4.74 Å². The van der Waals surface area contributed by atoms with Gasteiger partial charge in [0, 0.05) is 11.0 Å². The van der Waals surface area contributed by atoms with Gasteiger partial charge < -0.3 is 19.9 Å². The van der Waals surface area contributed by atoms with Crippen LogP contribution in [0.4, 0.5) is 4.79 Å². The van der Waals surface area contributed by atoms with E-state index in [0.717, 1.165) is 0 Å². The largest absolute Gasteiger partial charge is 0.504 e. The molecule has 0 saturated carbocycles. The molecule has 5 nitrogen and oxygen atoms in total. The molecule has 1 saturated heterocycles. The third-order valence-corrected chi connectivity index (χ3v) is 3.18. The number of carbonyl (C=O) groups excluding carboxylic acids is 1. The Morgan fingerprint density at radius 3 is 2.89 bits per heavy atom. The first kappa shape index (κ1) is 12.5. The lowest BCUT2D eigenvalue weighted by Crippen LogP contribution is -2.46. The summed E-state index contributed by atoms with van der Waals surface area (Å²) >= 11 is 0. The number of hydrogen-bond donors (Lipinski definition) is 2. The molecule has 0 spiro atoms. The molecule has 0 unspecified atom stereocenters. The van der Waals surface area contributed by atoms with Gasteiger partial charge in [-0.25, -0.2) is 4.79 Å². The zero-order valence-corrected chi connectivity index (χ0v) is 10.7. The molecular weight excluding hydrogens is 234 g/mol. The lowest BCUT2D eigenvalue weighted by Gasteiger charge is -2.38. The molecule has 2 N–H and O–H groups in total. The Balaban J connectivity index is 2.43. The van der Waals surface area contributed by atoms with E-state index in [1.54, 1.807) is 18.2 Å². The second-order valence-electron chi connectivity index (χ2n) is 5.04. The van der Waals surface area contributed by atoms with Gasteiger partial charge in [-0.3, -0.25) is 0 Å². The van der Waals surface area contributed by atoms with Crippen LogP contribution < -0.4 is 10.1 Å². The van der Waals surface area contributed by atoms with Gasteiger partial charge in [0.15, 0.2) is 11.5 Å². The van der Waals surface area contributed by atoms with Gasteiger partial charge in [-0.1, -0.05) is 26.0 Å². The van der Waals surface area contributed by atoms with Crippen molar-refractivity contribution in [3.8, 4) is 11.5 Å². The highest BCUT2D eigenvalue weighted by Gasteiger charge is 2.39. The number of alkyl carbamates (subject to hydrolysis) is 1. The van der Waals surface area contributed by atoms with E-state index in [0.29, 0.717) is 17.9 Å². The van der Waals surface area contributed by atoms with Crippen LogP contribution in [0.25, 0.3) is 0 Å². The number of hydrogen-bond acceptors (Lipinski definition) is 4. The number of rotatable bonds is 2. The first-order valence-electron chi connectivity index (χ1n) is 5.75. The minimum Gasteiger partial charge on any atom is -0.504 e. The monoisotopic (exact) mass is 251 g/mol. The van der Waals surface area contributed by atoms with Crippen LogP contribution in [-0.4, -0.2) is 24.9 Å². The van der Waals surface area contributed by atoms with Crippen molar-refractivity contribution in [2.24, 2.45) is 5.41 Å². The highest BCUT2D eigenvalue weighted by atomic mass is 16.6. The zero-order chi connectivity index (χ0) is 13.3. The van der Waals surface area contributed by atoms with Gasteiger partial charge in [0.25, 0.3) is 0 Å². The fourth-order valence-electron chi connectivity index (χ4n) is 2.13. The molecule has 0 aromatic heterocycles. The number of aromatic hydroxyl groups is 1. The number of methoxy groups -OCH3 is 1. The highest BCUT2D eigenvalue weighted by Crippen LogP contribution is 2.42. The molecule has 1 atom stereocenters. The van der Waals surface area contributed by atoms with Crippen LogP contribution in [0.2, 0.25) is 0 Å². The predicted molar refractivity (Wildman–Crippen MR) is 65.7 cm³/mol. The molecule has 1 aliphatic heterocycles. The average Bonchev–Trinajstić information content (AvgIpc) is 2.33. The van der Waals surface area contributed by atoms with Gasteiger partial charge in [0.2, 0.25) is 0 Å². The van der Waals surface area contributed by atoms with Crippen molar-refractivity contribution in [1.29, 1.82) is 0 Å². The smallest absolute Gasteiger partial charge is 0.407 e. The van der Waals surface area contributed by atoms with E-state index in [2.05, 4.69) is 5.32 Å². The average molecular weight is 251 g/mol. The number of benzene rings is 1. The molecule has 2 rings (SSSR count). The number of ether oxygens (including phenoxy) is 2. The fourth-order valence-corrected chi connectivity index (χ4v) is 2.13. The van der Waals surface area contributed by atoms with Crippen molar-refractivity contribution in [2.75, 3.05) is 13.7 Å². The summed E-state index contributed by atoms with van der Waals surface area (Å²) in [5, 5.41) is 12.9. The molecule has 0 radical (unpaired) electrons. The molecule has 0 bridgehead atoms. The number of amides is 1. The third kappa shape index (κ3) is 2.08. The van der Waals surface area contributed by atoms with E-state index in [9.17, 15) is 9.90 Å². The van der Waals surface area contributed by atoms with Gasteiger partial charge in [0.1, 0.15) is 6.61 Å². The molecule has 18 heavy (non-hydrogen) atoms. The number of phenolic OH excluding ortho intramolecular Hbond substituents is 1. The molecule has 1 heterocycles. The SMILES string of the molecule is COc1cccc([C@@H]2NC(=O)OCC2(C)C)c1O. The lowest BCUT2D eigenvalue weighted by atomic mass is 9.80. The maximum absolute atomic E-state index is 11.4. The van der Waals surface area contributed by atoms with Gasteiger partial charge in [-0.2, -0.15) is 0 Å². The van der Waals surface area contributed by atoms with Crippen LogP contribution in [0.3, 0.4) is 0 Å². The van der Waals surface area contributed by atoms with Crippen molar-refractivity contribution in [3.63, 3.8) is 0 Å². The maximum atomic E-state index is 11.4. The van der Waals surface area contributed by atoms with Gasteiger partial charge in [-0.05, 0) is 6.07 Å². The van der Waals surface area contributed by atoms with Crippen LogP contribution in [0.1, 0.15) is 25.5 Å². The molecule has 5 heteroatoms. The minimum absolute atomic E-state index is 0.0558. The van der Waals surface area contributed by atoms with Crippen LogP contribution in [0.15, 0.2) is 18.2 Å². The highest BCUT2D eigenvalue weighted by molar-refractivity contribution is 5.69. The van der Waals surface area contributed by atoms with Crippen molar-refractivity contribution in [1.82, 2.24) is 5.32 Å². The standard InChI is InChI=1S/C13H17NO4/c1-13(2)7-18-12(16)14-11(13)8-5-4-6-9(17-3)10(8)15/h4-6,11,15H,7H2,1-3H3,(H,14,16)/t11-/m0/s1. The molecular formula is C13H17NO4. The van der Waals surface area contributed by atoms with Crippen molar-refractivity contribution in [3.05, 3.63) is 23.8 Å². The number of nitrogens with one attached hydrogen (secondary N) is 1. The Labute approximate surface area is 106 Å². The fraction of sp³-hybridized carbons (Fsp3) is 0.462. The summed E-state index contributed by atoms with van der Waals surface area (Å²) in [6.07, 6.45) is -0.471. The molecule has 1 aromatic rings. The predicted octanol–water partition coefficient (Wildman–Crippen LogP) is 2.21. The third-order valence-electron chi connectivity index (χ3n) is 3.18. The van der Waals surface area contributed by atoms with Crippen molar-refractivity contribution < 1.29 is 19.4 Å². The summed E-state index contributed by atoms with van der Waals surface area (Å²) in [6.45, 7) is 4.24. The van der Waals surface area contributed by atoms with E-state index >= 15 is 0 Å². The lowest BCUT2D eigenvalue weighted by molar-refractivity contribution is 0.0380. The Hall–Kier alpha value is -1.91. The molecule has 0 aliphatic carbocycles. The van der Waals surface area contributed by atoms with E-state index in [1.165, 1.54) is 7.11 Å². The second kappa shape index (κ2) is 4.40. The van der Waals surface area contributed by atoms with E-state index in [4.69, 9.17) is 9.47 Å². The Kier molecular flexibility index (Phi) is 3.07.